The van der Waals surface area contributed by atoms with Gasteiger partial charge in [0.15, 0.2) is 33.0 Å². The van der Waals surface area contributed by atoms with E-state index < -0.39 is 62.9 Å². The Labute approximate surface area is 615 Å². The van der Waals surface area contributed by atoms with Gasteiger partial charge in [0, 0.05) is 32.1 Å². The first kappa shape index (κ1) is 74.7. The molecular weight excluding hydrogens is 1320 g/mol. The molecule has 105 heavy (non-hydrogen) atoms. The first-order valence-electron chi connectivity index (χ1n) is 36.1. The van der Waals surface area contributed by atoms with Crippen LogP contribution in [0.4, 0.5) is 0 Å². The van der Waals surface area contributed by atoms with Gasteiger partial charge in [0.1, 0.15) is 28.7 Å². The van der Waals surface area contributed by atoms with Crippen LogP contribution in [0.2, 0.25) is 0 Å². The molecule has 0 radical (unpaired) electrons. The molecule has 0 spiro atoms. The molecule has 11 rings (SSSR count). The van der Waals surface area contributed by atoms with Crippen LogP contribution in [0.3, 0.4) is 0 Å². The molecule has 0 unspecified atom stereocenters. The summed E-state index contributed by atoms with van der Waals surface area (Å²) in [5.41, 5.74) is 16.6. The lowest BCUT2D eigenvalue weighted by Gasteiger charge is -2.25. The Bertz CT molecular complexity index is 3800. The summed E-state index contributed by atoms with van der Waals surface area (Å²) in [6.45, 7) is 7.08. The van der Waals surface area contributed by atoms with E-state index in [0.717, 1.165) is 55.6 Å². The minimum absolute atomic E-state index is 0.118. The monoisotopic (exact) mass is 1410 g/mol. The van der Waals surface area contributed by atoms with Crippen molar-refractivity contribution in [3.05, 3.63) is 324 Å². The van der Waals surface area contributed by atoms with Crippen LogP contribution < -0.4 is 23.7 Å². The molecule has 1 aliphatic rings. The maximum atomic E-state index is 13.9. The van der Waals surface area contributed by atoms with E-state index in [-0.39, 0.29) is 65.1 Å². The molecule has 0 aromatic heterocycles. The Morgan fingerprint density at radius 3 is 0.495 bits per heavy atom. The van der Waals surface area contributed by atoms with Crippen LogP contribution >= 0.6 is 0 Å². The van der Waals surface area contributed by atoms with Gasteiger partial charge in [-0.15, -0.1) is 0 Å². The Balaban J connectivity index is 1.29. The molecule has 15 heteroatoms. The minimum atomic E-state index is -0.579. The van der Waals surface area contributed by atoms with Crippen LogP contribution in [0.5, 0.6) is 28.7 Å². The third-order valence-electron chi connectivity index (χ3n) is 17.9. The van der Waals surface area contributed by atoms with Gasteiger partial charge in [-0.2, -0.15) is 0 Å². The van der Waals surface area contributed by atoms with Crippen molar-refractivity contribution in [2.75, 3.05) is 66.1 Å². The molecule has 0 N–H and O–H groups in total. The van der Waals surface area contributed by atoms with Crippen molar-refractivity contribution in [1.29, 1.82) is 0 Å². The van der Waals surface area contributed by atoms with Crippen molar-refractivity contribution in [2.24, 2.45) is 0 Å². The molecule has 10 aromatic rings. The van der Waals surface area contributed by atoms with Gasteiger partial charge in [-0.05, 0) is 178 Å². The standard InChI is InChI=1S/C90H90O15/c1-6-96-81(91)56-101-86-71-41-66(36-61-26-16-11-17-27-61)42-72(86)52-74-44-68(38-63-30-20-13-21-31-63)46-76(88(74)103-58-83(93)98-8-3)54-78-48-70(40-65-34-24-15-25-35-65)50-80(90(78)105-60-85(95)100-10-5)55-79-49-69(39-64-32-22-14-23-33-64)47-77(89(79)104-59-84(94)99-9-4)53-75-45-67(37-62-28-18-12-19-29-62)43-73(51-71)87(75)102-57-82(92)97-7-2/h11-35,41-50H,6-10,36-40,51-60H2,1-5H3. The normalized spacial score (nSPS) is 11.7. The molecule has 0 heterocycles. The van der Waals surface area contributed by atoms with Gasteiger partial charge in [-0.3, -0.25) is 0 Å². The molecule has 10 bridgehead atoms. The maximum Gasteiger partial charge on any atom is 0.344 e. The average Bonchev–Trinajstić information content (AvgIpc) is 0.777. The van der Waals surface area contributed by atoms with E-state index in [2.05, 4.69) is 121 Å². The predicted octanol–water partition coefficient (Wildman–Crippen LogP) is 15.6. The van der Waals surface area contributed by atoms with Crippen LogP contribution in [0.25, 0.3) is 0 Å². The molecule has 0 amide bonds. The number of hydrogen-bond donors (Lipinski definition) is 0. The van der Waals surface area contributed by atoms with E-state index in [1.807, 2.05) is 91.0 Å². The van der Waals surface area contributed by atoms with Gasteiger partial charge in [-0.25, -0.2) is 24.0 Å². The Kier molecular flexibility index (Phi) is 26.8. The van der Waals surface area contributed by atoms with Crippen LogP contribution in [-0.2, 0) is 112 Å². The second-order valence-corrected chi connectivity index (χ2v) is 25.9. The number of carbonyl (C=O) groups excluding carboxylic acids is 5. The summed E-state index contributed by atoms with van der Waals surface area (Å²) >= 11 is 0. The molecule has 0 saturated heterocycles. The summed E-state index contributed by atoms with van der Waals surface area (Å²) in [6.07, 6.45) is 3.17. The minimum Gasteiger partial charge on any atom is -0.481 e. The number of esters is 5. The van der Waals surface area contributed by atoms with Crippen molar-refractivity contribution in [3.63, 3.8) is 0 Å². The van der Waals surface area contributed by atoms with Gasteiger partial charge >= 0.3 is 29.8 Å². The largest absolute Gasteiger partial charge is 0.481 e. The van der Waals surface area contributed by atoms with Crippen molar-refractivity contribution in [3.8, 4) is 28.7 Å². The number of hydrogen-bond acceptors (Lipinski definition) is 15. The molecule has 0 saturated carbocycles. The maximum absolute atomic E-state index is 13.9. The highest BCUT2D eigenvalue weighted by Gasteiger charge is 2.28. The molecule has 0 atom stereocenters. The SMILES string of the molecule is CCOC(=O)COc1c2cc(Cc3ccccc3)cc1Cc1cc(Cc3ccccc3)cc(c1OCC(=O)OCC)Cc1cc(Cc3ccccc3)cc(c1OCC(=O)OCC)Cc1cc(Cc3ccccc3)cc(c1OCC(=O)OCC)Cc1cc(Cc3ccccc3)cc(c1OCC(=O)OCC)C2. The first-order chi connectivity index (χ1) is 51.3. The molecule has 0 aliphatic heterocycles. The third kappa shape index (κ3) is 21.3. The number of benzene rings is 10. The quantitative estimate of drug-likeness (QED) is 0.0306. The molecule has 540 valence electrons. The summed E-state index contributed by atoms with van der Waals surface area (Å²) in [6, 6.07) is 71.9. The molecule has 15 nitrogen and oxygen atoms in total. The summed E-state index contributed by atoms with van der Waals surface area (Å²) in [5.74, 6) is -0.913. The highest BCUT2D eigenvalue weighted by Crippen LogP contribution is 2.43. The highest BCUT2D eigenvalue weighted by atomic mass is 16.6. The van der Waals surface area contributed by atoms with Crippen molar-refractivity contribution in [2.45, 2.75) is 98.8 Å². The zero-order chi connectivity index (χ0) is 73.3. The van der Waals surface area contributed by atoms with Crippen LogP contribution in [0, 0.1) is 0 Å². The van der Waals surface area contributed by atoms with Gasteiger partial charge < -0.3 is 47.4 Å². The summed E-state index contributed by atoms with van der Waals surface area (Å²) < 4.78 is 62.8. The topological polar surface area (TPSA) is 178 Å². The molecular formula is C90H90O15. The van der Waals surface area contributed by atoms with Crippen LogP contribution in [0.1, 0.15) is 146 Å². The van der Waals surface area contributed by atoms with Gasteiger partial charge in [0.25, 0.3) is 0 Å². The van der Waals surface area contributed by atoms with E-state index in [9.17, 15) is 24.0 Å². The zero-order valence-electron chi connectivity index (χ0n) is 60.5. The molecule has 1 aliphatic carbocycles. The second kappa shape index (κ2) is 37.6. The van der Waals surface area contributed by atoms with Crippen molar-refractivity contribution < 1.29 is 71.3 Å². The van der Waals surface area contributed by atoms with Crippen LogP contribution in [-0.4, -0.2) is 95.9 Å². The highest BCUT2D eigenvalue weighted by molar-refractivity contribution is 5.74. The average molecular weight is 1410 g/mol. The smallest absolute Gasteiger partial charge is 0.344 e. The number of fused-ring (bicyclic) bond motifs is 10. The van der Waals surface area contributed by atoms with Crippen LogP contribution in [0.15, 0.2) is 212 Å². The van der Waals surface area contributed by atoms with E-state index in [1.165, 1.54) is 0 Å². The fourth-order valence-corrected chi connectivity index (χ4v) is 13.7. The summed E-state index contributed by atoms with van der Waals surface area (Å²) in [5, 5.41) is 0. The molecule has 0 fully saturated rings. The summed E-state index contributed by atoms with van der Waals surface area (Å²) in [7, 11) is 0. The lowest BCUT2D eigenvalue weighted by atomic mass is 9.86. The lowest BCUT2D eigenvalue weighted by molar-refractivity contribution is -0.146. The Morgan fingerprint density at radius 1 is 0.219 bits per heavy atom. The zero-order valence-corrected chi connectivity index (χ0v) is 60.5. The van der Waals surface area contributed by atoms with Gasteiger partial charge in [-0.1, -0.05) is 212 Å². The van der Waals surface area contributed by atoms with E-state index in [4.69, 9.17) is 47.4 Å². The van der Waals surface area contributed by atoms with Crippen molar-refractivity contribution >= 4 is 29.8 Å². The Hall–Kier alpha value is -11.5. The summed E-state index contributed by atoms with van der Waals surface area (Å²) in [4.78, 5) is 69.4. The number of carbonyl (C=O) groups is 5. The van der Waals surface area contributed by atoms with E-state index in [0.29, 0.717) is 116 Å². The van der Waals surface area contributed by atoms with E-state index in [1.54, 1.807) is 34.6 Å². The fourth-order valence-electron chi connectivity index (χ4n) is 13.7. The van der Waals surface area contributed by atoms with E-state index >= 15 is 0 Å². The fraction of sp³-hybridized carbons (Fsp3) is 0.278. The van der Waals surface area contributed by atoms with Gasteiger partial charge in [0.05, 0.1) is 33.0 Å². The lowest BCUT2D eigenvalue weighted by Crippen LogP contribution is -2.19. The number of ether oxygens (including phenoxy) is 10. The predicted molar refractivity (Wildman–Crippen MR) is 403 cm³/mol. The third-order valence-corrected chi connectivity index (χ3v) is 17.9. The number of rotatable bonds is 30. The molecule has 10 aromatic carbocycles. The van der Waals surface area contributed by atoms with Gasteiger partial charge in [0.2, 0.25) is 0 Å². The second-order valence-electron chi connectivity index (χ2n) is 25.9. The Morgan fingerprint density at radius 2 is 0.362 bits per heavy atom. The van der Waals surface area contributed by atoms with Crippen molar-refractivity contribution in [1.82, 2.24) is 0 Å². The first-order valence-corrected chi connectivity index (χ1v) is 36.1.